The van der Waals surface area contributed by atoms with E-state index in [4.69, 9.17) is 5.11 Å². The minimum Gasteiger partial charge on any atom is -0.384 e. The predicted octanol–water partition coefficient (Wildman–Crippen LogP) is 1.08. The molecule has 0 aliphatic carbocycles. The third kappa shape index (κ3) is 2.77. The molecule has 2 aromatic rings. The Kier molecular flexibility index (Phi) is 3.77. The summed E-state index contributed by atoms with van der Waals surface area (Å²) in [5, 5.41) is 17.0. The highest BCUT2D eigenvalue weighted by Crippen LogP contribution is 2.15. The second kappa shape index (κ2) is 5.49. The van der Waals surface area contributed by atoms with E-state index >= 15 is 0 Å². The summed E-state index contributed by atoms with van der Waals surface area (Å²) in [5.74, 6) is 5.73. The molecule has 2 aromatic heterocycles. The maximum atomic E-state index is 11.9. The minimum absolute atomic E-state index is 0.186. The van der Waals surface area contributed by atoms with Gasteiger partial charge in [-0.25, -0.2) is 0 Å². The number of aliphatic hydroxyl groups excluding tert-OH is 1. The van der Waals surface area contributed by atoms with Gasteiger partial charge in [-0.15, -0.1) is 11.3 Å². The Morgan fingerprint density at radius 3 is 3.17 bits per heavy atom. The predicted molar refractivity (Wildman–Crippen MR) is 69.4 cm³/mol. The van der Waals surface area contributed by atoms with E-state index in [2.05, 4.69) is 22.3 Å². The molecule has 0 spiro atoms. The number of hydrogen-bond donors (Lipinski definition) is 2. The highest BCUT2D eigenvalue weighted by molar-refractivity contribution is 7.10. The van der Waals surface area contributed by atoms with Crippen LogP contribution in [0.15, 0.2) is 23.7 Å². The molecule has 5 nitrogen and oxygen atoms in total. The molecule has 0 bridgehead atoms. The molecule has 0 radical (unpaired) electrons. The maximum Gasteiger partial charge on any atom is 0.257 e. The number of amides is 1. The molecule has 2 heterocycles. The van der Waals surface area contributed by atoms with Gasteiger partial charge in [0.05, 0.1) is 16.6 Å². The molecule has 0 unspecified atom stereocenters. The van der Waals surface area contributed by atoms with E-state index in [0.717, 1.165) is 4.88 Å². The molecule has 0 atom stereocenters. The smallest absolute Gasteiger partial charge is 0.257 e. The third-order valence-electron chi connectivity index (χ3n) is 2.21. The van der Waals surface area contributed by atoms with Crippen molar-refractivity contribution in [3.63, 3.8) is 0 Å². The van der Waals surface area contributed by atoms with Crippen LogP contribution in [0.3, 0.4) is 0 Å². The molecule has 0 aliphatic rings. The molecule has 0 saturated heterocycles. The van der Waals surface area contributed by atoms with Gasteiger partial charge in [-0.2, -0.15) is 5.10 Å². The topological polar surface area (TPSA) is 67.2 Å². The van der Waals surface area contributed by atoms with Crippen molar-refractivity contribution in [1.82, 2.24) is 9.78 Å². The number of carbonyl (C=O) groups excluding carboxylic acids is 1. The monoisotopic (exact) mass is 261 g/mol. The van der Waals surface area contributed by atoms with Gasteiger partial charge in [0.1, 0.15) is 12.4 Å². The number of rotatable bonds is 2. The van der Waals surface area contributed by atoms with Gasteiger partial charge in [-0.3, -0.25) is 9.48 Å². The SMILES string of the molecule is Cn1nccc1NC(=O)c1csc(C#CCO)c1. The zero-order valence-electron chi connectivity index (χ0n) is 9.67. The Morgan fingerprint density at radius 2 is 2.50 bits per heavy atom. The fraction of sp³-hybridized carbons (Fsp3) is 0.167. The van der Waals surface area contributed by atoms with Gasteiger partial charge < -0.3 is 10.4 Å². The Hall–Kier alpha value is -2.10. The van der Waals surface area contributed by atoms with E-state index in [1.54, 1.807) is 35.4 Å². The summed E-state index contributed by atoms with van der Waals surface area (Å²) in [7, 11) is 1.75. The van der Waals surface area contributed by atoms with Gasteiger partial charge in [-0.05, 0) is 6.07 Å². The van der Waals surface area contributed by atoms with E-state index in [-0.39, 0.29) is 12.5 Å². The van der Waals surface area contributed by atoms with E-state index < -0.39 is 0 Å². The third-order valence-corrected chi connectivity index (χ3v) is 3.06. The van der Waals surface area contributed by atoms with Gasteiger partial charge >= 0.3 is 0 Å². The average Bonchev–Trinajstić information content (AvgIpc) is 2.97. The molecule has 6 heteroatoms. The van der Waals surface area contributed by atoms with Crippen LogP contribution in [0, 0.1) is 11.8 Å². The molecular formula is C12H11N3O2S. The lowest BCUT2D eigenvalue weighted by atomic mass is 10.3. The summed E-state index contributed by atoms with van der Waals surface area (Å²) in [6, 6.07) is 3.41. The molecule has 0 aliphatic heterocycles. The zero-order valence-corrected chi connectivity index (χ0v) is 10.5. The number of anilines is 1. The van der Waals surface area contributed by atoms with E-state index in [1.165, 1.54) is 11.3 Å². The maximum absolute atomic E-state index is 11.9. The van der Waals surface area contributed by atoms with E-state index in [0.29, 0.717) is 11.4 Å². The Morgan fingerprint density at radius 1 is 1.67 bits per heavy atom. The second-order valence-corrected chi connectivity index (χ2v) is 4.36. The van der Waals surface area contributed by atoms with Gasteiger partial charge in [0.15, 0.2) is 0 Å². The first-order valence-corrected chi connectivity index (χ1v) is 6.06. The van der Waals surface area contributed by atoms with Crippen molar-refractivity contribution < 1.29 is 9.90 Å². The quantitative estimate of drug-likeness (QED) is 0.795. The highest BCUT2D eigenvalue weighted by Gasteiger charge is 2.09. The van der Waals surface area contributed by atoms with Gasteiger partial charge in [0.25, 0.3) is 5.91 Å². The van der Waals surface area contributed by atoms with E-state index in [1.807, 2.05) is 0 Å². The van der Waals surface area contributed by atoms with Gasteiger partial charge in [0, 0.05) is 18.5 Å². The molecule has 0 saturated carbocycles. The number of aryl methyl sites for hydroxylation is 1. The lowest BCUT2D eigenvalue weighted by Crippen LogP contribution is -2.13. The largest absolute Gasteiger partial charge is 0.384 e. The molecule has 92 valence electrons. The van der Waals surface area contributed by atoms with E-state index in [9.17, 15) is 4.79 Å². The molecule has 18 heavy (non-hydrogen) atoms. The highest BCUT2D eigenvalue weighted by atomic mass is 32.1. The Balaban J connectivity index is 2.10. The number of nitrogens with zero attached hydrogens (tertiary/aromatic N) is 2. The van der Waals surface area contributed by atoms with Crippen LogP contribution in [-0.4, -0.2) is 27.4 Å². The van der Waals surface area contributed by atoms with Crippen LogP contribution in [-0.2, 0) is 7.05 Å². The van der Waals surface area contributed by atoms with Crippen LogP contribution < -0.4 is 5.32 Å². The lowest BCUT2D eigenvalue weighted by molar-refractivity contribution is 0.102. The molecule has 1 amide bonds. The minimum atomic E-state index is -0.202. The van der Waals surface area contributed by atoms with Gasteiger partial charge in [0.2, 0.25) is 0 Å². The average molecular weight is 261 g/mol. The number of aliphatic hydroxyl groups is 1. The Labute approximate surface area is 108 Å². The summed E-state index contributed by atoms with van der Waals surface area (Å²) in [5.41, 5.74) is 0.545. The summed E-state index contributed by atoms with van der Waals surface area (Å²) < 4.78 is 1.58. The van der Waals surface area contributed by atoms with Crippen molar-refractivity contribution in [3.05, 3.63) is 34.2 Å². The van der Waals surface area contributed by atoms with Crippen LogP contribution >= 0.6 is 11.3 Å². The molecular weight excluding hydrogens is 250 g/mol. The van der Waals surface area contributed by atoms with Crippen molar-refractivity contribution in [2.24, 2.45) is 7.05 Å². The molecule has 0 aromatic carbocycles. The summed E-state index contributed by atoms with van der Waals surface area (Å²) in [4.78, 5) is 12.7. The first-order chi connectivity index (χ1) is 8.70. The standard InChI is InChI=1S/C12H11N3O2S/c1-15-11(4-5-13-15)14-12(17)9-7-10(18-8-9)3-2-6-16/h4-5,7-8,16H,6H2,1H3,(H,14,17). The first-order valence-electron chi connectivity index (χ1n) is 5.18. The van der Waals surface area contributed by atoms with Crippen molar-refractivity contribution in [3.8, 4) is 11.8 Å². The number of nitrogens with one attached hydrogen (secondary N) is 1. The van der Waals surface area contributed by atoms with Crippen molar-refractivity contribution >= 4 is 23.1 Å². The zero-order chi connectivity index (χ0) is 13.0. The molecule has 2 rings (SSSR count). The summed E-state index contributed by atoms with van der Waals surface area (Å²) >= 11 is 1.37. The lowest BCUT2D eigenvalue weighted by Gasteiger charge is -2.02. The normalized spacial score (nSPS) is 9.67. The van der Waals surface area contributed by atoms with Crippen LogP contribution in [0.4, 0.5) is 5.82 Å². The first kappa shape index (κ1) is 12.4. The van der Waals surface area contributed by atoms with Crippen LogP contribution in [0.25, 0.3) is 0 Å². The second-order valence-electron chi connectivity index (χ2n) is 3.45. The number of aromatic nitrogens is 2. The van der Waals surface area contributed by atoms with Crippen LogP contribution in [0.5, 0.6) is 0 Å². The van der Waals surface area contributed by atoms with Crippen molar-refractivity contribution in [2.45, 2.75) is 0 Å². The fourth-order valence-corrected chi connectivity index (χ4v) is 2.09. The molecule has 0 fully saturated rings. The van der Waals surface area contributed by atoms with Crippen LogP contribution in [0.1, 0.15) is 15.2 Å². The van der Waals surface area contributed by atoms with Crippen molar-refractivity contribution in [1.29, 1.82) is 0 Å². The van der Waals surface area contributed by atoms with Gasteiger partial charge in [-0.1, -0.05) is 11.8 Å². The summed E-state index contributed by atoms with van der Waals surface area (Å²) in [6.45, 7) is -0.186. The fourth-order valence-electron chi connectivity index (χ4n) is 1.33. The van der Waals surface area contributed by atoms with Crippen LogP contribution in [0.2, 0.25) is 0 Å². The number of hydrogen-bond acceptors (Lipinski definition) is 4. The molecule has 2 N–H and O–H groups in total. The number of thiophene rings is 1. The number of carbonyl (C=O) groups is 1. The Bertz CT molecular complexity index is 619. The summed E-state index contributed by atoms with van der Waals surface area (Å²) in [6.07, 6.45) is 1.61. The van der Waals surface area contributed by atoms with Crippen molar-refractivity contribution in [2.75, 3.05) is 11.9 Å².